The van der Waals surface area contributed by atoms with E-state index in [1.54, 1.807) is 0 Å². The van der Waals surface area contributed by atoms with Gasteiger partial charge in [-0.1, -0.05) is 133 Å². The van der Waals surface area contributed by atoms with Crippen molar-refractivity contribution >= 4 is 76.4 Å². The molecule has 4 aliphatic rings. The lowest BCUT2D eigenvalue weighted by molar-refractivity contribution is 0.476. The minimum Gasteiger partial charge on any atom is -0.458 e. The van der Waals surface area contributed by atoms with Crippen molar-refractivity contribution in [3.8, 4) is 39.4 Å². The van der Waals surface area contributed by atoms with Crippen LogP contribution in [0.15, 0.2) is 158 Å². The molecule has 1 spiro atoms. The van der Waals surface area contributed by atoms with Crippen LogP contribution in [0.1, 0.15) is 22.3 Å². The summed E-state index contributed by atoms with van der Waals surface area (Å²) in [6, 6.07) is 59.1. The van der Waals surface area contributed by atoms with Crippen LogP contribution in [0.2, 0.25) is 0 Å². The molecule has 0 saturated carbocycles. The summed E-state index contributed by atoms with van der Waals surface area (Å²) in [4.78, 5) is 0. The lowest BCUT2D eigenvalue weighted by Gasteiger charge is -2.37. The number of nitrogens with zero attached hydrogens (tertiary/aromatic N) is 1. The number of benzene rings is 8. The number of aromatic nitrogens is 1. The molecule has 4 heterocycles. The van der Waals surface area contributed by atoms with E-state index in [4.69, 9.17) is 4.74 Å². The molecule has 242 valence electrons. The van der Waals surface area contributed by atoms with Crippen molar-refractivity contribution in [2.45, 2.75) is 5.41 Å². The fourth-order valence-electron chi connectivity index (χ4n) is 11.0. The number of hydrogen-bond acceptors (Lipinski definition) is 2. The number of para-hydroxylation sites is 1. The average molecular weight is 688 g/mol. The predicted octanol–water partition coefficient (Wildman–Crippen LogP) is 10.4. The van der Waals surface area contributed by atoms with Gasteiger partial charge in [-0.3, -0.25) is 0 Å². The molecule has 8 aromatic carbocycles. The second-order valence-electron chi connectivity index (χ2n) is 15.0. The summed E-state index contributed by atoms with van der Waals surface area (Å²) < 4.78 is 12.7. The van der Waals surface area contributed by atoms with E-state index in [0.717, 1.165) is 11.5 Å². The van der Waals surface area contributed by atoms with Crippen molar-refractivity contribution in [2.75, 3.05) is 0 Å². The summed E-state index contributed by atoms with van der Waals surface area (Å²) in [6.45, 7) is 0.00489. The fraction of sp³-hybridized carbons (Fsp3) is 0.0204. The van der Waals surface area contributed by atoms with Gasteiger partial charge in [0.2, 0.25) is 0 Å². The van der Waals surface area contributed by atoms with Crippen molar-refractivity contribution in [2.24, 2.45) is 0 Å². The first kappa shape index (κ1) is 27.3. The third-order valence-electron chi connectivity index (χ3n) is 12.9. The van der Waals surface area contributed by atoms with Crippen LogP contribution in [-0.2, 0) is 5.41 Å². The van der Waals surface area contributed by atoms with Crippen molar-refractivity contribution in [1.29, 1.82) is 0 Å². The molecule has 14 rings (SSSR count). The Morgan fingerprint density at radius 3 is 1.98 bits per heavy atom. The normalized spacial score (nSPS) is 14.7. The highest BCUT2D eigenvalue weighted by atomic mass is 32.1. The Morgan fingerprint density at radius 1 is 0.547 bits per heavy atom. The van der Waals surface area contributed by atoms with Crippen LogP contribution in [0.4, 0.5) is 0 Å². The molecule has 2 aromatic heterocycles. The summed E-state index contributed by atoms with van der Waals surface area (Å²) in [5.74, 6) is 1.96. The van der Waals surface area contributed by atoms with Crippen molar-refractivity contribution in [1.82, 2.24) is 4.57 Å². The fourth-order valence-corrected chi connectivity index (χ4v) is 12.3. The number of ether oxygens (including phenoxy) is 1. The smallest absolute Gasteiger partial charge is 0.256 e. The van der Waals surface area contributed by atoms with Crippen LogP contribution in [0.5, 0.6) is 11.5 Å². The minimum absolute atomic E-state index is 0.00489. The van der Waals surface area contributed by atoms with Gasteiger partial charge in [0.1, 0.15) is 11.5 Å². The predicted molar refractivity (Wildman–Crippen MR) is 221 cm³/mol. The van der Waals surface area contributed by atoms with E-state index in [-0.39, 0.29) is 6.71 Å². The van der Waals surface area contributed by atoms with Crippen LogP contribution in [0.3, 0.4) is 0 Å². The summed E-state index contributed by atoms with van der Waals surface area (Å²) in [6.07, 6.45) is 0. The van der Waals surface area contributed by atoms with Gasteiger partial charge in [-0.05, 0) is 79.6 Å². The van der Waals surface area contributed by atoms with Crippen LogP contribution < -0.4 is 21.1 Å². The van der Waals surface area contributed by atoms with Gasteiger partial charge < -0.3 is 9.30 Å². The molecule has 0 N–H and O–H groups in total. The van der Waals surface area contributed by atoms with E-state index in [2.05, 4.69) is 162 Å². The second kappa shape index (κ2) is 9.16. The minimum atomic E-state index is -0.494. The summed E-state index contributed by atoms with van der Waals surface area (Å²) >= 11 is 1.93. The van der Waals surface area contributed by atoms with Gasteiger partial charge in [-0.15, -0.1) is 11.3 Å². The highest BCUT2D eigenvalue weighted by Crippen LogP contribution is 2.65. The van der Waals surface area contributed by atoms with E-state index in [1.165, 1.54) is 109 Å². The van der Waals surface area contributed by atoms with Gasteiger partial charge in [0.25, 0.3) is 6.71 Å². The van der Waals surface area contributed by atoms with Crippen molar-refractivity contribution < 1.29 is 4.74 Å². The van der Waals surface area contributed by atoms with Crippen molar-refractivity contribution in [3.63, 3.8) is 0 Å². The van der Waals surface area contributed by atoms with Gasteiger partial charge in [0.15, 0.2) is 0 Å². The van der Waals surface area contributed by atoms with E-state index < -0.39 is 5.41 Å². The Kier molecular flexibility index (Phi) is 4.72. The summed E-state index contributed by atoms with van der Waals surface area (Å²) in [5.41, 5.74) is 17.6. The molecule has 0 fully saturated rings. The maximum atomic E-state index is 7.45. The van der Waals surface area contributed by atoms with E-state index >= 15 is 0 Å². The van der Waals surface area contributed by atoms with E-state index in [9.17, 15) is 0 Å². The Morgan fingerprint density at radius 2 is 1.21 bits per heavy atom. The topological polar surface area (TPSA) is 14.2 Å². The lowest BCUT2D eigenvalue weighted by Crippen LogP contribution is -2.58. The molecule has 0 unspecified atom stereocenters. The Balaban J connectivity index is 1.17. The van der Waals surface area contributed by atoms with Crippen molar-refractivity contribution in [3.05, 3.63) is 180 Å². The molecule has 0 radical (unpaired) electrons. The molecule has 0 amide bonds. The zero-order valence-corrected chi connectivity index (χ0v) is 29.2. The van der Waals surface area contributed by atoms with E-state index in [1.807, 2.05) is 11.3 Å². The Labute approximate surface area is 309 Å². The van der Waals surface area contributed by atoms with Crippen LogP contribution in [0, 0.1) is 0 Å². The largest absolute Gasteiger partial charge is 0.458 e. The SMILES string of the molecule is c1ccc2c(c1)-c1ccccc1C21c2ccccc2-c2ccc3c(c21)Oc1cccc2c1B3c1cc3c4ccccc4sc3c3c4ccccc4n-2c13. The molecule has 2 aliphatic heterocycles. The van der Waals surface area contributed by atoms with Gasteiger partial charge >= 0.3 is 0 Å². The second-order valence-corrected chi connectivity index (χ2v) is 16.1. The Bertz CT molecular complexity index is 3280. The molecular weight excluding hydrogens is 661 g/mol. The lowest BCUT2D eigenvalue weighted by atomic mass is 9.34. The molecule has 0 bridgehead atoms. The molecule has 2 nitrogen and oxygen atoms in total. The first-order valence-corrected chi connectivity index (χ1v) is 19.3. The highest BCUT2D eigenvalue weighted by molar-refractivity contribution is 7.27. The molecule has 0 atom stereocenters. The molecule has 0 saturated heterocycles. The molecular formula is C49H26BNOS. The standard InChI is InChI=1S/C49H26BNOS/c1-6-17-34-27(12-1)28-13-2-7-18-35(28)49(34)36-19-8-3-14-29(36)31-24-25-37-47(44(31)49)52-41-22-11-21-40-45(41)50(37)38-26-33-30-15-5-10-23-42(30)53-48(33)43-32-16-4-9-20-39(32)51(40)46(38)43/h1-26H. The summed E-state index contributed by atoms with van der Waals surface area (Å²) in [7, 11) is 0. The molecule has 53 heavy (non-hydrogen) atoms. The highest BCUT2D eigenvalue weighted by Gasteiger charge is 2.55. The molecule has 2 aliphatic carbocycles. The average Bonchev–Trinajstić information content (AvgIpc) is 3.94. The molecule has 4 heteroatoms. The Hall–Kier alpha value is -6.36. The third kappa shape index (κ3) is 2.95. The monoisotopic (exact) mass is 687 g/mol. The molecule has 10 aromatic rings. The van der Waals surface area contributed by atoms with Gasteiger partial charge in [0, 0.05) is 42.2 Å². The number of hydrogen-bond donors (Lipinski definition) is 0. The summed E-state index contributed by atoms with van der Waals surface area (Å²) in [5, 5.41) is 5.34. The van der Waals surface area contributed by atoms with E-state index in [0.29, 0.717) is 0 Å². The maximum absolute atomic E-state index is 7.45. The number of rotatable bonds is 0. The number of thiophene rings is 1. The van der Waals surface area contributed by atoms with Crippen LogP contribution in [-0.4, -0.2) is 11.3 Å². The van der Waals surface area contributed by atoms with Gasteiger partial charge in [-0.2, -0.15) is 0 Å². The van der Waals surface area contributed by atoms with Crippen LogP contribution in [0.25, 0.3) is 69.9 Å². The zero-order chi connectivity index (χ0) is 34.2. The van der Waals surface area contributed by atoms with Gasteiger partial charge in [0.05, 0.1) is 16.4 Å². The zero-order valence-electron chi connectivity index (χ0n) is 28.4. The maximum Gasteiger partial charge on any atom is 0.256 e. The van der Waals surface area contributed by atoms with Crippen LogP contribution >= 0.6 is 11.3 Å². The first-order chi connectivity index (χ1) is 26.3. The van der Waals surface area contributed by atoms with Gasteiger partial charge in [-0.25, -0.2) is 0 Å². The quantitative estimate of drug-likeness (QED) is 0.145. The number of fused-ring (bicyclic) bond motifs is 22. The third-order valence-corrected chi connectivity index (χ3v) is 14.1. The first-order valence-electron chi connectivity index (χ1n) is 18.5.